The molecule has 2 atom stereocenters. The van der Waals surface area contributed by atoms with Crippen LogP contribution in [0.5, 0.6) is 5.75 Å². The van der Waals surface area contributed by atoms with Gasteiger partial charge in [0.15, 0.2) is 0 Å². The van der Waals surface area contributed by atoms with Crippen LogP contribution in [0.1, 0.15) is 70.6 Å². The molecule has 2 aliphatic heterocycles. The van der Waals surface area contributed by atoms with E-state index in [2.05, 4.69) is 5.06 Å². The van der Waals surface area contributed by atoms with E-state index in [4.69, 9.17) is 9.57 Å². The van der Waals surface area contributed by atoms with Crippen molar-refractivity contribution >= 4 is 0 Å². The highest BCUT2D eigenvalue weighted by Crippen LogP contribution is 2.32. The molecule has 0 saturated carbocycles. The molecule has 0 unspecified atom stereocenters. The van der Waals surface area contributed by atoms with Gasteiger partial charge in [0, 0.05) is 12.6 Å². The molecule has 2 heterocycles. The predicted molar refractivity (Wildman–Crippen MR) is 98.1 cm³/mol. The largest absolute Gasteiger partial charge is 0.494 e. The van der Waals surface area contributed by atoms with Crippen molar-refractivity contribution in [3.8, 4) is 5.75 Å². The van der Waals surface area contributed by atoms with Crippen LogP contribution in [0, 0.1) is 0 Å². The summed E-state index contributed by atoms with van der Waals surface area (Å²) >= 11 is 0. The first-order valence-electron chi connectivity index (χ1n) is 10.0. The van der Waals surface area contributed by atoms with Crippen LogP contribution in [0.25, 0.3) is 0 Å². The van der Waals surface area contributed by atoms with E-state index in [1.54, 1.807) is 0 Å². The number of hydrogen-bond donors (Lipinski definition) is 0. The molecule has 0 N–H and O–H groups in total. The average molecular weight is 332 g/mol. The molecule has 0 amide bonds. The lowest BCUT2D eigenvalue weighted by molar-refractivity contribution is -0.149. The van der Waals surface area contributed by atoms with Gasteiger partial charge >= 0.3 is 0 Å². The molecule has 2 saturated heterocycles. The van der Waals surface area contributed by atoms with Crippen molar-refractivity contribution in [1.82, 2.24) is 5.06 Å². The number of para-hydroxylation sites is 1. The van der Waals surface area contributed by atoms with E-state index >= 15 is 0 Å². The van der Waals surface area contributed by atoms with Gasteiger partial charge in [0.25, 0.3) is 0 Å². The maximum Gasteiger partial charge on any atom is 0.119 e. The van der Waals surface area contributed by atoms with Crippen molar-refractivity contribution in [1.29, 1.82) is 0 Å². The minimum absolute atomic E-state index is 0.519. The lowest BCUT2D eigenvalue weighted by atomic mass is 10.0. The Balaban J connectivity index is 1.09. The predicted octanol–water partition coefficient (Wildman–Crippen LogP) is 5.35. The zero-order valence-corrected chi connectivity index (χ0v) is 15.0. The van der Waals surface area contributed by atoms with E-state index < -0.39 is 0 Å². The Morgan fingerprint density at radius 1 is 0.958 bits per heavy atom. The Morgan fingerprint density at radius 2 is 1.71 bits per heavy atom. The molecule has 0 aliphatic carbocycles. The third kappa shape index (κ3) is 5.78. The topological polar surface area (TPSA) is 21.7 Å². The van der Waals surface area contributed by atoms with Gasteiger partial charge in [0.2, 0.25) is 0 Å². The minimum atomic E-state index is 0.519. The van der Waals surface area contributed by atoms with Crippen molar-refractivity contribution in [2.45, 2.75) is 82.8 Å². The first-order valence-corrected chi connectivity index (χ1v) is 10.0. The molecule has 3 heteroatoms. The average Bonchev–Trinajstić information content (AvgIpc) is 3.19. The Kier molecular flexibility index (Phi) is 7.43. The van der Waals surface area contributed by atoms with E-state index in [-0.39, 0.29) is 0 Å². The molecule has 2 fully saturated rings. The molecular formula is C21H33NO2. The first kappa shape index (κ1) is 17.8. The molecule has 1 aromatic carbocycles. The molecule has 2 aliphatic rings. The third-order valence-electron chi connectivity index (χ3n) is 5.32. The Hall–Kier alpha value is -1.06. The van der Waals surface area contributed by atoms with E-state index in [1.165, 1.54) is 70.6 Å². The SMILES string of the molecule is c1ccc(OCCCCCCCCC[C@@H]2C[C@H]3CCCN3O2)cc1. The molecule has 0 aromatic heterocycles. The van der Waals surface area contributed by atoms with Gasteiger partial charge in [0.05, 0.1) is 12.7 Å². The number of hydrogen-bond acceptors (Lipinski definition) is 3. The van der Waals surface area contributed by atoms with Crippen LogP contribution in [-0.4, -0.2) is 30.4 Å². The quantitative estimate of drug-likeness (QED) is 0.510. The number of nitrogens with zero attached hydrogens (tertiary/aromatic N) is 1. The van der Waals surface area contributed by atoms with Crippen LogP contribution in [0.15, 0.2) is 30.3 Å². The third-order valence-corrected chi connectivity index (χ3v) is 5.32. The van der Waals surface area contributed by atoms with E-state index in [0.717, 1.165) is 24.9 Å². The van der Waals surface area contributed by atoms with Crippen molar-refractivity contribution in [2.75, 3.05) is 13.2 Å². The second-order valence-corrected chi connectivity index (χ2v) is 7.32. The summed E-state index contributed by atoms with van der Waals surface area (Å²) < 4.78 is 5.72. The van der Waals surface area contributed by atoms with E-state index in [0.29, 0.717) is 6.10 Å². The van der Waals surface area contributed by atoms with Crippen LogP contribution < -0.4 is 4.74 Å². The summed E-state index contributed by atoms with van der Waals surface area (Å²) in [6.45, 7) is 2.01. The number of unbranched alkanes of at least 4 members (excludes halogenated alkanes) is 6. The molecule has 3 rings (SSSR count). The molecule has 0 radical (unpaired) electrons. The maximum absolute atomic E-state index is 6.01. The van der Waals surface area contributed by atoms with Gasteiger partial charge < -0.3 is 4.74 Å². The van der Waals surface area contributed by atoms with Crippen molar-refractivity contribution in [3.63, 3.8) is 0 Å². The summed E-state index contributed by atoms with van der Waals surface area (Å²) in [7, 11) is 0. The monoisotopic (exact) mass is 331 g/mol. The van der Waals surface area contributed by atoms with Crippen molar-refractivity contribution in [2.24, 2.45) is 0 Å². The number of hydroxylamine groups is 2. The van der Waals surface area contributed by atoms with Gasteiger partial charge in [-0.3, -0.25) is 4.84 Å². The smallest absolute Gasteiger partial charge is 0.119 e. The zero-order valence-electron chi connectivity index (χ0n) is 15.0. The van der Waals surface area contributed by atoms with E-state index in [1.807, 2.05) is 30.3 Å². The van der Waals surface area contributed by atoms with E-state index in [9.17, 15) is 0 Å². The summed E-state index contributed by atoms with van der Waals surface area (Å²) in [4.78, 5) is 6.01. The normalized spacial score (nSPS) is 23.5. The zero-order chi connectivity index (χ0) is 16.5. The van der Waals surface area contributed by atoms with Gasteiger partial charge in [-0.25, -0.2) is 0 Å². The number of rotatable bonds is 11. The fourth-order valence-electron chi connectivity index (χ4n) is 3.96. The molecule has 24 heavy (non-hydrogen) atoms. The van der Waals surface area contributed by atoms with Crippen LogP contribution in [0.3, 0.4) is 0 Å². The van der Waals surface area contributed by atoms with Crippen LogP contribution in [0.2, 0.25) is 0 Å². The number of ether oxygens (including phenoxy) is 1. The molecule has 3 nitrogen and oxygen atoms in total. The highest BCUT2D eigenvalue weighted by molar-refractivity contribution is 5.20. The molecule has 0 spiro atoms. The van der Waals surface area contributed by atoms with Gasteiger partial charge in [-0.2, -0.15) is 5.06 Å². The highest BCUT2D eigenvalue weighted by atomic mass is 16.7. The lowest BCUT2D eigenvalue weighted by Gasteiger charge is -2.13. The summed E-state index contributed by atoms with van der Waals surface area (Å²) in [6, 6.07) is 10.9. The van der Waals surface area contributed by atoms with Gasteiger partial charge in [-0.15, -0.1) is 0 Å². The van der Waals surface area contributed by atoms with Crippen LogP contribution >= 0.6 is 0 Å². The van der Waals surface area contributed by atoms with Gasteiger partial charge in [0.1, 0.15) is 5.75 Å². The Bertz CT molecular complexity index is 438. The lowest BCUT2D eigenvalue weighted by Crippen LogP contribution is -2.20. The Labute approximate surface area is 147 Å². The number of fused-ring (bicyclic) bond motifs is 1. The standard InChI is InChI=1S/C21H33NO2/c1(3-5-10-17-23-20-13-8-6-9-14-20)2-4-7-15-21-18-19-12-11-16-22(19)24-21/h6,8-9,13-14,19,21H,1-5,7,10-12,15-18H2/t19-,21-/m1/s1. The second kappa shape index (κ2) is 10.0. The van der Waals surface area contributed by atoms with Crippen LogP contribution in [0.4, 0.5) is 0 Å². The fourth-order valence-corrected chi connectivity index (χ4v) is 3.96. The first-order chi connectivity index (χ1) is 11.9. The molecule has 0 bridgehead atoms. The highest BCUT2D eigenvalue weighted by Gasteiger charge is 2.35. The van der Waals surface area contributed by atoms with Gasteiger partial charge in [-0.1, -0.05) is 56.7 Å². The fraction of sp³-hybridized carbons (Fsp3) is 0.714. The molecule has 134 valence electrons. The molecule has 1 aromatic rings. The summed E-state index contributed by atoms with van der Waals surface area (Å²) in [5.41, 5.74) is 0. The summed E-state index contributed by atoms with van der Waals surface area (Å²) in [5, 5.41) is 2.25. The second-order valence-electron chi connectivity index (χ2n) is 7.32. The molecular weight excluding hydrogens is 298 g/mol. The van der Waals surface area contributed by atoms with Crippen molar-refractivity contribution < 1.29 is 9.57 Å². The van der Waals surface area contributed by atoms with Gasteiger partial charge in [-0.05, 0) is 44.2 Å². The summed E-state index contributed by atoms with van der Waals surface area (Å²) in [5.74, 6) is 0.993. The minimum Gasteiger partial charge on any atom is -0.494 e. The number of benzene rings is 1. The summed E-state index contributed by atoms with van der Waals surface area (Å²) in [6.07, 6.45) is 15.0. The van der Waals surface area contributed by atoms with Crippen molar-refractivity contribution in [3.05, 3.63) is 30.3 Å². The van der Waals surface area contributed by atoms with Crippen LogP contribution in [-0.2, 0) is 4.84 Å². The Morgan fingerprint density at radius 3 is 2.50 bits per heavy atom. The maximum atomic E-state index is 6.01.